The Labute approximate surface area is 156 Å². The third-order valence-corrected chi connectivity index (χ3v) is 5.03. The number of esters is 1. The minimum atomic E-state index is -4.25. The van der Waals surface area contributed by atoms with Crippen LogP contribution >= 0.6 is 0 Å². The zero-order valence-electron chi connectivity index (χ0n) is 14.7. The Kier molecular flexibility index (Phi) is 6.65. The van der Waals surface area contributed by atoms with Crippen molar-refractivity contribution < 1.29 is 27.1 Å². The highest BCUT2D eigenvalue weighted by Gasteiger charge is 2.25. The van der Waals surface area contributed by atoms with Crippen LogP contribution in [0.5, 0.6) is 0 Å². The highest BCUT2D eigenvalue weighted by Crippen LogP contribution is 2.14. The summed E-state index contributed by atoms with van der Waals surface area (Å²) in [6.45, 7) is 2.51. The molecule has 0 aliphatic carbocycles. The highest BCUT2D eigenvalue weighted by molar-refractivity contribution is 7.89. The molecule has 9 heteroatoms. The van der Waals surface area contributed by atoms with E-state index in [0.29, 0.717) is 5.69 Å². The number of hydrogen-bond acceptors (Lipinski definition) is 5. The zero-order chi connectivity index (χ0) is 20.0. The van der Waals surface area contributed by atoms with Crippen LogP contribution in [0.3, 0.4) is 0 Å². The molecule has 27 heavy (non-hydrogen) atoms. The monoisotopic (exact) mass is 394 g/mol. The Hall–Kier alpha value is -2.78. The van der Waals surface area contributed by atoms with E-state index in [1.807, 2.05) is 17.7 Å². The fourth-order valence-electron chi connectivity index (χ4n) is 2.19. The smallest absolute Gasteiger partial charge is 0.324 e. The van der Waals surface area contributed by atoms with Crippen molar-refractivity contribution in [3.05, 3.63) is 59.9 Å². The van der Waals surface area contributed by atoms with Crippen molar-refractivity contribution >= 4 is 27.6 Å². The second-order valence-electron chi connectivity index (χ2n) is 5.80. The predicted molar refractivity (Wildman–Crippen MR) is 97.0 cm³/mol. The quantitative estimate of drug-likeness (QED) is 0.700. The number of sulfonamides is 1. The molecule has 1 atom stereocenters. The molecule has 2 rings (SSSR count). The van der Waals surface area contributed by atoms with Gasteiger partial charge in [0.2, 0.25) is 10.0 Å². The second-order valence-corrected chi connectivity index (χ2v) is 7.48. The van der Waals surface area contributed by atoms with E-state index in [4.69, 9.17) is 4.74 Å². The van der Waals surface area contributed by atoms with Gasteiger partial charge in [0.1, 0.15) is 16.8 Å². The summed E-state index contributed by atoms with van der Waals surface area (Å²) < 4.78 is 44.7. The number of anilines is 1. The van der Waals surface area contributed by atoms with E-state index in [-0.39, 0.29) is 0 Å². The average Bonchev–Trinajstić information content (AvgIpc) is 2.59. The molecule has 0 saturated heterocycles. The van der Waals surface area contributed by atoms with Gasteiger partial charge in [-0.2, -0.15) is 4.72 Å². The number of rotatable bonds is 7. The molecule has 0 unspecified atom stereocenters. The summed E-state index contributed by atoms with van der Waals surface area (Å²) in [5, 5.41) is 2.55. The first-order chi connectivity index (χ1) is 12.7. The molecule has 7 nitrogen and oxygen atoms in total. The SMILES string of the molecule is Cc1cccc(NC(=O)COC(=O)[C@H](C)NS(=O)(=O)c2ccccc2F)c1. The molecule has 0 radical (unpaired) electrons. The minimum absolute atomic E-state index is 0.546. The molecule has 1 amide bonds. The molecule has 0 fully saturated rings. The standard InChI is InChI=1S/C18H19FN2O5S/c1-12-6-5-7-14(10-12)20-17(22)11-26-18(23)13(2)21-27(24,25)16-9-4-3-8-15(16)19/h3-10,13,21H,11H2,1-2H3,(H,20,22)/t13-/m0/s1. The number of aryl methyl sites for hydroxylation is 1. The number of halogens is 1. The van der Waals surface area contributed by atoms with E-state index in [1.165, 1.54) is 19.1 Å². The lowest BCUT2D eigenvalue weighted by atomic mass is 10.2. The highest BCUT2D eigenvalue weighted by atomic mass is 32.2. The number of nitrogens with one attached hydrogen (secondary N) is 2. The fraction of sp³-hybridized carbons (Fsp3) is 0.222. The third-order valence-electron chi connectivity index (χ3n) is 3.46. The molecular formula is C18H19FN2O5S. The average molecular weight is 394 g/mol. The van der Waals surface area contributed by atoms with Crippen LogP contribution in [0, 0.1) is 12.7 Å². The maximum atomic E-state index is 13.6. The third kappa shape index (κ3) is 5.87. The molecule has 0 aliphatic heterocycles. The molecule has 0 aliphatic rings. The number of carbonyl (C=O) groups is 2. The zero-order valence-corrected chi connectivity index (χ0v) is 15.5. The van der Waals surface area contributed by atoms with Crippen LogP contribution in [0.4, 0.5) is 10.1 Å². The first-order valence-electron chi connectivity index (χ1n) is 7.99. The first-order valence-corrected chi connectivity index (χ1v) is 9.47. The number of ether oxygens (including phenoxy) is 1. The molecule has 2 aromatic carbocycles. The van der Waals surface area contributed by atoms with Gasteiger partial charge in [0.15, 0.2) is 6.61 Å². The van der Waals surface area contributed by atoms with Gasteiger partial charge in [0.05, 0.1) is 0 Å². The summed E-state index contributed by atoms with van der Waals surface area (Å²) >= 11 is 0. The normalized spacial score (nSPS) is 12.3. The van der Waals surface area contributed by atoms with E-state index in [1.54, 1.807) is 18.2 Å². The van der Waals surface area contributed by atoms with E-state index < -0.39 is 45.3 Å². The molecule has 0 heterocycles. The molecule has 0 spiro atoms. The molecular weight excluding hydrogens is 375 g/mol. The van der Waals surface area contributed by atoms with Crippen LogP contribution < -0.4 is 10.0 Å². The predicted octanol–water partition coefficient (Wildman–Crippen LogP) is 1.98. The van der Waals surface area contributed by atoms with Crippen LogP contribution in [0.1, 0.15) is 12.5 Å². The van der Waals surface area contributed by atoms with Gasteiger partial charge in [0.25, 0.3) is 5.91 Å². The number of benzene rings is 2. The van der Waals surface area contributed by atoms with Gasteiger partial charge in [0, 0.05) is 5.69 Å². The van der Waals surface area contributed by atoms with E-state index in [2.05, 4.69) is 5.32 Å². The van der Waals surface area contributed by atoms with Gasteiger partial charge in [-0.05, 0) is 43.7 Å². The summed E-state index contributed by atoms with van der Waals surface area (Å²) in [6.07, 6.45) is 0. The number of amides is 1. The maximum Gasteiger partial charge on any atom is 0.324 e. The Balaban J connectivity index is 1.90. The lowest BCUT2D eigenvalue weighted by Crippen LogP contribution is -2.40. The Morgan fingerprint density at radius 2 is 1.85 bits per heavy atom. The van der Waals surface area contributed by atoms with E-state index in [9.17, 15) is 22.4 Å². The first kappa shape index (κ1) is 20.5. The van der Waals surface area contributed by atoms with Gasteiger partial charge in [-0.1, -0.05) is 24.3 Å². The van der Waals surface area contributed by atoms with Crippen molar-refractivity contribution in [3.8, 4) is 0 Å². The van der Waals surface area contributed by atoms with Crippen molar-refractivity contribution in [1.82, 2.24) is 4.72 Å². The van der Waals surface area contributed by atoms with Crippen LogP contribution in [-0.2, 0) is 24.3 Å². The summed E-state index contributed by atoms with van der Waals surface area (Å²) in [4.78, 5) is 23.2. The van der Waals surface area contributed by atoms with Crippen molar-refractivity contribution in [2.45, 2.75) is 24.8 Å². The second kappa shape index (κ2) is 8.74. The molecule has 0 bridgehead atoms. The largest absolute Gasteiger partial charge is 0.454 e. The molecule has 2 aromatic rings. The van der Waals surface area contributed by atoms with Crippen molar-refractivity contribution in [1.29, 1.82) is 0 Å². The minimum Gasteiger partial charge on any atom is -0.454 e. The molecule has 2 N–H and O–H groups in total. The van der Waals surface area contributed by atoms with Crippen molar-refractivity contribution in [2.75, 3.05) is 11.9 Å². The van der Waals surface area contributed by atoms with Gasteiger partial charge in [-0.25, -0.2) is 12.8 Å². The topological polar surface area (TPSA) is 102 Å². The lowest BCUT2D eigenvalue weighted by Gasteiger charge is -2.14. The van der Waals surface area contributed by atoms with Crippen molar-refractivity contribution in [3.63, 3.8) is 0 Å². The maximum absolute atomic E-state index is 13.6. The molecule has 0 aromatic heterocycles. The summed E-state index contributed by atoms with van der Waals surface area (Å²) in [7, 11) is -4.25. The van der Waals surface area contributed by atoms with Crippen molar-refractivity contribution in [2.24, 2.45) is 0 Å². The Bertz CT molecular complexity index is 946. The van der Waals surface area contributed by atoms with Gasteiger partial charge in [-0.3, -0.25) is 9.59 Å². The number of carbonyl (C=O) groups excluding carboxylic acids is 2. The van der Waals surface area contributed by atoms with Crippen LogP contribution in [0.2, 0.25) is 0 Å². The van der Waals surface area contributed by atoms with Gasteiger partial charge < -0.3 is 10.1 Å². The van der Waals surface area contributed by atoms with Crippen LogP contribution in [0.25, 0.3) is 0 Å². The lowest BCUT2D eigenvalue weighted by molar-refractivity contribution is -0.148. The van der Waals surface area contributed by atoms with Gasteiger partial charge >= 0.3 is 5.97 Å². The van der Waals surface area contributed by atoms with Crippen LogP contribution in [-0.4, -0.2) is 32.9 Å². The summed E-state index contributed by atoms with van der Waals surface area (Å²) in [5.41, 5.74) is 1.49. The fourth-order valence-corrected chi connectivity index (χ4v) is 3.46. The summed E-state index contributed by atoms with van der Waals surface area (Å²) in [6, 6.07) is 10.5. The van der Waals surface area contributed by atoms with E-state index in [0.717, 1.165) is 17.7 Å². The van der Waals surface area contributed by atoms with Crippen LogP contribution in [0.15, 0.2) is 53.4 Å². The van der Waals surface area contributed by atoms with E-state index >= 15 is 0 Å². The molecule has 144 valence electrons. The Morgan fingerprint density at radius 1 is 1.15 bits per heavy atom. The molecule has 0 saturated carbocycles. The summed E-state index contributed by atoms with van der Waals surface area (Å²) in [5.74, 6) is -2.48. The number of hydrogen-bond donors (Lipinski definition) is 2. The van der Waals surface area contributed by atoms with Gasteiger partial charge in [-0.15, -0.1) is 0 Å². The Morgan fingerprint density at radius 3 is 2.52 bits per heavy atom.